The molecule has 1 saturated heterocycles. The Hall–Kier alpha value is -1.95. The second kappa shape index (κ2) is 6.83. The number of carbonyl (C=O) groups excluding carboxylic acids is 1. The second-order valence-corrected chi connectivity index (χ2v) is 9.75. The SMILES string of the molecule is Cc1nn(C(C)(C)C)c2nc(C3CC3)cc(C(=O)N3CCCC(C(C)N)C3)c12. The third-order valence-electron chi connectivity index (χ3n) is 6.18. The molecule has 1 amide bonds. The molecule has 2 fully saturated rings. The zero-order chi connectivity index (χ0) is 20.2. The van der Waals surface area contributed by atoms with Gasteiger partial charge in [-0.1, -0.05) is 0 Å². The molecule has 2 N–H and O–H groups in total. The average Bonchev–Trinajstić information content (AvgIpc) is 3.43. The highest BCUT2D eigenvalue weighted by Gasteiger charge is 2.33. The number of likely N-dealkylation sites (tertiary alicyclic amines) is 1. The number of aromatic nitrogens is 3. The first-order chi connectivity index (χ1) is 13.2. The van der Waals surface area contributed by atoms with Crippen LogP contribution in [0.3, 0.4) is 0 Å². The number of hydrogen-bond acceptors (Lipinski definition) is 4. The molecule has 6 heteroatoms. The molecule has 2 atom stereocenters. The Balaban J connectivity index is 1.81. The van der Waals surface area contributed by atoms with Crippen molar-refractivity contribution < 1.29 is 4.79 Å². The average molecular weight is 384 g/mol. The summed E-state index contributed by atoms with van der Waals surface area (Å²) in [7, 11) is 0. The molecule has 2 aromatic heterocycles. The van der Waals surface area contributed by atoms with E-state index in [2.05, 4.69) is 20.8 Å². The topological polar surface area (TPSA) is 77.0 Å². The zero-order valence-corrected chi connectivity index (χ0v) is 17.8. The molecule has 28 heavy (non-hydrogen) atoms. The van der Waals surface area contributed by atoms with Gasteiger partial charge in [0.05, 0.1) is 22.2 Å². The van der Waals surface area contributed by atoms with Crippen molar-refractivity contribution in [2.75, 3.05) is 13.1 Å². The van der Waals surface area contributed by atoms with E-state index in [1.165, 1.54) is 0 Å². The fourth-order valence-electron chi connectivity index (χ4n) is 4.33. The molecule has 0 radical (unpaired) electrons. The van der Waals surface area contributed by atoms with Gasteiger partial charge in [-0.15, -0.1) is 0 Å². The minimum Gasteiger partial charge on any atom is -0.338 e. The van der Waals surface area contributed by atoms with Crippen molar-refractivity contribution in [1.29, 1.82) is 0 Å². The Morgan fingerprint density at radius 3 is 2.61 bits per heavy atom. The van der Waals surface area contributed by atoms with Crippen LogP contribution in [0.1, 0.15) is 81.0 Å². The van der Waals surface area contributed by atoms with Crippen LogP contribution in [-0.2, 0) is 5.54 Å². The number of aryl methyl sites for hydroxylation is 1. The van der Waals surface area contributed by atoms with E-state index in [0.29, 0.717) is 11.8 Å². The first-order valence-electron chi connectivity index (χ1n) is 10.6. The van der Waals surface area contributed by atoms with Crippen LogP contribution in [0.4, 0.5) is 0 Å². The van der Waals surface area contributed by atoms with E-state index in [-0.39, 0.29) is 17.5 Å². The Labute approximate surface area is 167 Å². The molecule has 2 aromatic rings. The molecule has 152 valence electrons. The number of nitrogens with two attached hydrogens (primary N) is 1. The van der Waals surface area contributed by atoms with Crippen LogP contribution in [0.15, 0.2) is 6.07 Å². The fourth-order valence-corrected chi connectivity index (χ4v) is 4.33. The van der Waals surface area contributed by atoms with E-state index < -0.39 is 0 Å². The van der Waals surface area contributed by atoms with Crippen molar-refractivity contribution in [3.05, 3.63) is 23.0 Å². The molecule has 3 heterocycles. The quantitative estimate of drug-likeness (QED) is 0.879. The zero-order valence-electron chi connectivity index (χ0n) is 17.8. The van der Waals surface area contributed by atoms with Gasteiger partial charge < -0.3 is 10.6 Å². The Morgan fingerprint density at radius 2 is 2.00 bits per heavy atom. The standard InChI is InChI=1S/C22H33N5O/c1-13(23)16-7-6-10-26(12-16)21(28)17-11-18(15-8-9-15)24-20-19(17)14(2)25-27(20)22(3,4)5/h11,13,15-16H,6-10,12,23H2,1-5H3. The summed E-state index contributed by atoms with van der Waals surface area (Å²) in [4.78, 5) is 20.6. The highest BCUT2D eigenvalue weighted by molar-refractivity contribution is 6.06. The number of nitrogens with zero attached hydrogens (tertiary/aromatic N) is 4. The van der Waals surface area contributed by atoms with Gasteiger partial charge in [0.25, 0.3) is 5.91 Å². The van der Waals surface area contributed by atoms with Gasteiger partial charge in [0.2, 0.25) is 0 Å². The van der Waals surface area contributed by atoms with Gasteiger partial charge in [0.15, 0.2) is 5.65 Å². The summed E-state index contributed by atoms with van der Waals surface area (Å²) < 4.78 is 1.99. The van der Waals surface area contributed by atoms with E-state index in [9.17, 15) is 4.79 Å². The molecule has 0 aromatic carbocycles. The van der Waals surface area contributed by atoms with Crippen molar-refractivity contribution in [2.24, 2.45) is 11.7 Å². The fraction of sp³-hybridized carbons (Fsp3) is 0.682. The van der Waals surface area contributed by atoms with Crippen LogP contribution in [0.25, 0.3) is 11.0 Å². The third-order valence-corrected chi connectivity index (χ3v) is 6.18. The maximum absolute atomic E-state index is 13.6. The Bertz CT molecular complexity index is 904. The first kappa shape index (κ1) is 19.4. The van der Waals surface area contributed by atoms with Gasteiger partial charge in [-0.2, -0.15) is 5.10 Å². The number of rotatable bonds is 3. The molecule has 4 rings (SSSR count). The molecular formula is C22H33N5O. The number of pyridine rings is 1. The van der Waals surface area contributed by atoms with Gasteiger partial charge >= 0.3 is 0 Å². The summed E-state index contributed by atoms with van der Waals surface area (Å²) in [5.41, 5.74) is 9.49. The van der Waals surface area contributed by atoms with E-state index in [0.717, 1.165) is 66.8 Å². The molecule has 2 aliphatic rings. The number of amides is 1. The summed E-state index contributed by atoms with van der Waals surface area (Å²) in [5, 5.41) is 5.69. The molecule has 2 unspecified atom stereocenters. The van der Waals surface area contributed by atoms with Gasteiger partial charge in [0, 0.05) is 30.7 Å². The highest BCUT2D eigenvalue weighted by atomic mass is 16.2. The lowest BCUT2D eigenvalue weighted by Crippen LogP contribution is -2.45. The third kappa shape index (κ3) is 3.43. The molecule has 0 spiro atoms. The van der Waals surface area contributed by atoms with E-state index in [1.54, 1.807) is 0 Å². The van der Waals surface area contributed by atoms with Gasteiger partial charge in [-0.25, -0.2) is 9.67 Å². The lowest BCUT2D eigenvalue weighted by atomic mass is 9.91. The van der Waals surface area contributed by atoms with Crippen molar-refractivity contribution in [1.82, 2.24) is 19.7 Å². The normalized spacial score (nSPS) is 21.9. The van der Waals surface area contributed by atoms with Crippen LogP contribution in [0.2, 0.25) is 0 Å². The molecule has 1 aliphatic heterocycles. The van der Waals surface area contributed by atoms with E-state index >= 15 is 0 Å². The largest absolute Gasteiger partial charge is 0.338 e. The smallest absolute Gasteiger partial charge is 0.254 e. The summed E-state index contributed by atoms with van der Waals surface area (Å²) in [6.07, 6.45) is 4.43. The summed E-state index contributed by atoms with van der Waals surface area (Å²) in [5.74, 6) is 0.963. The first-order valence-corrected chi connectivity index (χ1v) is 10.6. The number of hydrogen-bond donors (Lipinski definition) is 1. The molecule has 1 aliphatic carbocycles. The van der Waals surface area contributed by atoms with E-state index in [4.69, 9.17) is 15.8 Å². The predicted molar refractivity (Wildman–Crippen MR) is 112 cm³/mol. The van der Waals surface area contributed by atoms with Crippen LogP contribution >= 0.6 is 0 Å². The van der Waals surface area contributed by atoms with E-state index in [1.807, 2.05) is 29.5 Å². The summed E-state index contributed by atoms with van der Waals surface area (Å²) >= 11 is 0. The number of fused-ring (bicyclic) bond motifs is 1. The van der Waals surface area contributed by atoms with Crippen molar-refractivity contribution in [3.8, 4) is 0 Å². The molecule has 0 bridgehead atoms. The van der Waals surface area contributed by atoms with Crippen molar-refractivity contribution >= 4 is 16.9 Å². The lowest BCUT2D eigenvalue weighted by Gasteiger charge is -2.34. The van der Waals surface area contributed by atoms with Crippen LogP contribution in [0, 0.1) is 12.8 Å². The number of carbonyl (C=O) groups is 1. The predicted octanol–water partition coefficient (Wildman–Crippen LogP) is 3.57. The molecular weight excluding hydrogens is 350 g/mol. The van der Waals surface area contributed by atoms with Gasteiger partial charge in [-0.3, -0.25) is 4.79 Å². The van der Waals surface area contributed by atoms with Crippen molar-refractivity contribution in [2.45, 2.75) is 77.8 Å². The van der Waals surface area contributed by atoms with Crippen LogP contribution in [-0.4, -0.2) is 44.7 Å². The van der Waals surface area contributed by atoms with Crippen LogP contribution < -0.4 is 5.73 Å². The minimum absolute atomic E-state index is 0.108. The van der Waals surface area contributed by atoms with Crippen LogP contribution in [0.5, 0.6) is 0 Å². The maximum atomic E-state index is 13.6. The molecule has 6 nitrogen and oxygen atoms in total. The Morgan fingerprint density at radius 1 is 1.29 bits per heavy atom. The lowest BCUT2D eigenvalue weighted by molar-refractivity contribution is 0.0662. The summed E-state index contributed by atoms with van der Waals surface area (Å²) in [6.45, 7) is 12.0. The molecule has 1 saturated carbocycles. The maximum Gasteiger partial charge on any atom is 0.254 e. The summed E-state index contributed by atoms with van der Waals surface area (Å²) in [6, 6.07) is 2.15. The minimum atomic E-state index is -0.187. The van der Waals surface area contributed by atoms with Crippen molar-refractivity contribution in [3.63, 3.8) is 0 Å². The Kier molecular flexibility index (Phi) is 4.73. The highest BCUT2D eigenvalue weighted by Crippen LogP contribution is 2.41. The van der Waals surface area contributed by atoms with Gasteiger partial charge in [-0.05, 0) is 72.3 Å². The number of piperidine rings is 1. The second-order valence-electron chi connectivity index (χ2n) is 9.75. The van der Waals surface area contributed by atoms with Gasteiger partial charge in [0.1, 0.15) is 0 Å². The monoisotopic (exact) mass is 383 g/mol.